The van der Waals surface area contributed by atoms with Gasteiger partial charge in [0.25, 0.3) is 11.6 Å². The number of amides is 2. The SMILES string of the molecule is O=C(Nc1ccc([N+](=O)[O-])cc1)C1CCN(C(=O)c2cccc3ccccc23)CC1. The number of rotatable bonds is 4. The quantitative estimate of drug-likeness (QED) is 0.521. The van der Waals surface area contributed by atoms with Crippen LogP contribution in [0.4, 0.5) is 11.4 Å². The van der Waals surface area contributed by atoms with Gasteiger partial charge in [-0.2, -0.15) is 0 Å². The molecule has 3 aromatic carbocycles. The van der Waals surface area contributed by atoms with Crippen LogP contribution in [0.15, 0.2) is 66.7 Å². The number of nitrogens with zero attached hydrogens (tertiary/aromatic N) is 2. The Balaban J connectivity index is 1.38. The molecule has 3 aromatic rings. The molecule has 0 saturated carbocycles. The average Bonchev–Trinajstić information content (AvgIpc) is 2.78. The molecule has 1 aliphatic heterocycles. The van der Waals surface area contributed by atoms with Crippen molar-refractivity contribution in [2.45, 2.75) is 12.8 Å². The zero-order valence-corrected chi connectivity index (χ0v) is 16.3. The van der Waals surface area contributed by atoms with Crippen LogP contribution in [0.1, 0.15) is 23.2 Å². The fourth-order valence-electron chi connectivity index (χ4n) is 3.84. The number of nitrogens with one attached hydrogen (secondary N) is 1. The van der Waals surface area contributed by atoms with E-state index in [1.807, 2.05) is 42.5 Å². The molecular formula is C23H21N3O4. The predicted octanol–water partition coefficient (Wildman–Crippen LogP) is 4.24. The van der Waals surface area contributed by atoms with Gasteiger partial charge in [0.15, 0.2) is 0 Å². The molecule has 0 spiro atoms. The van der Waals surface area contributed by atoms with Gasteiger partial charge in [0, 0.05) is 42.4 Å². The van der Waals surface area contributed by atoms with Crippen LogP contribution in [-0.2, 0) is 4.79 Å². The summed E-state index contributed by atoms with van der Waals surface area (Å²) in [5.74, 6) is -0.334. The van der Waals surface area contributed by atoms with Crippen molar-refractivity contribution >= 4 is 34.0 Å². The lowest BCUT2D eigenvalue weighted by Gasteiger charge is -2.31. The summed E-state index contributed by atoms with van der Waals surface area (Å²) in [6.45, 7) is 1.03. The normalized spacial score (nSPS) is 14.5. The van der Waals surface area contributed by atoms with Gasteiger partial charge in [0.1, 0.15) is 0 Å². The summed E-state index contributed by atoms with van der Waals surface area (Å²) in [7, 11) is 0. The number of piperidine rings is 1. The van der Waals surface area contributed by atoms with Crippen LogP contribution in [0.3, 0.4) is 0 Å². The van der Waals surface area contributed by atoms with E-state index < -0.39 is 4.92 Å². The molecule has 30 heavy (non-hydrogen) atoms. The third kappa shape index (κ3) is 4.00. The van der Waals surface area contributed by atoms with E-state index in [1.165, 1.54) is 24.3 Å². The fourth-order valence-corrected chi connectivity index (χ4v) is 3.84. The maximum Gasteiger partial charge on any atom is 0.269 e. The second kappa shape index (κ2) is 8.32. The van der Waals surface area contributed by atoms with Crippen molar-refractivity contribution < 1.29 is 14.5 Å². The van der Waals surface area contributed by atoms with E-state index >= 15 is 0 Å². The number of hydrogen-bond acceptors (Lipinski definition) is 4. The van der Waals surface area contributed by atoms with Crippen LogP contribution in [-0.4, -0.2) is 34.7 Å². The van der Waals surface area contributed by atoms with E-state index in [2.05, 4.69) is 5.32 Å². The lowest BCUT2D eigenvalue weighted by molar-refractivity contribution is -0.384. The minimum Gasteiger partial charge on any atom is -0.339 e. The van der Waals surface area contributed by atoms with Gasteiger partial charge >= 0.3 is 0 Å². The number of anilines is 1. The Labute approximate surface area is 173 Å². The van der Waals surface area contributed by atoms with Gasteiger partial charge in [-0.05, 0) is 41.8 Å². The van der Waals surface area contributed by atoms with Crippen molar-refractivity contribution in [3.8, 4) is 0 Å². The molecule has 0 atom stereocenters. The minimum absolute atomic E-state index is 0.0129. The van der Waals surface area contributed by atoms with Crippen molar-refractivity contribution in [1.82, 2.24) is 4.90 Å². The van der Waals surface area contributed by atoms with Crippen molar-refractivity contribution in [2.75, 3.05) is 18.4 Å². The summed E-state index contributed by atoms with van der Waals surface area (Å²) in [4.78, 5) is 37.7. The highest BCUT2D eigenvalue weighted by Gasteiger charge is 2.28. The number of nitro benzene ring substituents is 1. The molecule has 2 amide bonds. The highest BCUT2D eigenvalue weighted by molar-refractivity contribution is 6.07. The Morgan fingerprint density at radius 3 is 2.30 bits per heavy atom. The summed E-state index contributed by atoms with van der Waals surface area (Å²) < 4.78 is 0. The van der Waals surface area contributed by atoms with Gasteiger partial charge in [-0.25, -0.2) is 0 Å². The molecular weight excluding hydrogens is 382 g/mol. The zero-order chi connectivity index (χ0) is 21.1. The fraction of sp³-hybridized carbons (Fsp3) is 0.217. The molecule has 0 aliphatic carbocycles. The minimum atomic E-state index is -0.478. The number of nitro groups is 1. The molecule has 1 saturated heterocycles. The molecule has 1 heterocycles. The smallest absolute Gasteiger partial charge is 0.269 e. The first-order valence-corrected chi connectivity index (χ1v) is 9.85. The van der Waals surface area contributed by atoms with Crippen LogP contribution in [0.25, 0.3) is 10.8 Å². The van der Waals surface area contributed by atoms with E-state index in [9.17, 15) is 19.7 Å². The lowest BCUT2D eigenvalue weighted by atomic mass is 9.94. The monoisotopic (exact) mass is 403 g/mol. The van der Waals surface area contributed by atoms with Gasteiger partial charge in [-0.3, -0.25) is 19.7 Å². The summed E-state index contributed by atoms with van der Waals surface area (Å²) in [6, 6.07) is 19.3. The Kier molecular flexibility index (Phi) is 5.43. The molecule has 0 unspecified atom stereocenters. The predicted molar refractivity (Wildman–Crippen MR) is 114 cm³/mol. The van der Waals surface area contributed by atoms with Crippen molar-refractivity contribution in [3.05, 3.63) is 82.4 Å². The molecule has 7 heteroatoms. The largest absolute Gasteiger partial charge is 0.339 e. The van der Waals surface area contributed by atoms with Crippen LogP contribution in [0, 0.1) is 16.0 Å². The first kappa shape index (κ1) is 19.6. The molecule has 0 bridgehead atoms. The molecule has 152 valence electrons. The van der Waals surface area contributed by atoms with Crippen LogP contribution < -0.4 is 5.32 Å². The number of fused-ring (bicyclic) bond motifs is 1. The van der Waals surface area contributed by atoms with E-state index in [0.717, 1.165) is 10.8 Å². The highest BCUT2D eigenvalue weighted by atomic mass is 16.6. The van der Waals surface area contributed by atoms with Gasteiger partial charge in [0.05, 0.1) is 4.92 Å². The number of likely N-dealkylation sites (tertiary alicyclic amines) is 1. The lowest BCUT2D eigenvalue weighted by Crippen LogP contribution is -2.41. The average molecular weight is 403 g/mol. The molecule has 4 rings (SSSR count). The Morgan fingerprint density at radius 2 is 1.60 bits per heavy atom. The van der Waals surface area contributed by atoms with E-state index in [0.29, 0.717) is 37.2 Å². The second-order valence-electron chi connectivity index (χ2n) is 7.39. The number of carbonyl (C=O) groups is 2. The maximum atomic E-state index is 13.0. The van der Waals surface area contributed by atoms with Crippen LogP contribution in [0.5, 0.6) is 0 Å². The standard InChI is InChI=1S/C23H21N3O4/c27-22(24-18-8-10-19(11-9-18)26(29)30)17-12-14-25(15-13-17)23(28)21-7-3-5-16-4-1-2-6-20(16)21/h1-11,17H,12-15H2,(H,24,27). The molecule has 0 radical (unpaired) electrons. The van der Waals surface area contributed by atoms with E-state index in [4.69, 9.17) is 0 Å². The summed E-state index contributed by atoms with van der Waals surface area (Å²) >= 11 is 0. The third-order valence-corrected chi connectivity index (χ3v) is 5.52. The molecule has 1 N–H and O–H groups in total. The van der Waals surface area contributed by atoms with Gasteiger partial charge in [0.2, 0.25) is 5.91 Å². The Bertz CT molecular complexity index is 1100. The number of non-ortho nitro benzene ring substituents is 1. The van der Waals surface area contributed by atoms with E-state index in [-0.39, 0.29) is 23.4 Å². The number of benzene rings is 3. The first-order chi connectivity index (χ1) is 14.5. The molecule has 1 aliphatic rings. The van der Waals surface area contributed by atoms with Gasteiger partial charge in [-0.15, -0.1) is 0 Å². The topological polar surface area (TPSA) is 92.5 Å². The Morgan fingerprint density at radius 1 is 0.933 bits per heavy atom. The van der Waals surface area contributed by atoms with Crippen molar-refractivity contribution in [2.24, 2.45) is 5.92 Å². The van der Waals surface area contributed by atoms with Crippen LogP contribution >= 0.6 is 0 Å². The third-order valence-electron chi connectivity index (χ3n) is 5.52. The van der Waals surface area contributed by atoms with E-state index in [1.54, 1.807) is 4.90 Å². The van der Waals surface area contributed by atoms with Crippen molar-refractivity contribution in [1.29, 1.82) is 0 Å². The van der Waals surface area contributed by atoms with Gasteiger partial charge < -0.3 is 10.2 Å². The second-order valence-corrected chi connectivity index (χ2v) is 7.39. The number of carbonyl (C=O) groups excluding carboxylic acids is 2. The van der Waals surface area contributed by atoms with Crippen LogP contribution in [0.2, 0.25) is 0 Å². The zero-order valence-electron chi connectivity index (χ0n) is 16.3. The van der Waals surface area contributed by atoms with Gasteiger partial charge in [-0.1, -0.05) is 36.4 Å². The Hall–Kier alpha value is -3.74. The molecule has 1 fully saturated rings. The number of hydrogen-bond donors (Lipinski definition) is 1. The maximum absolute atomic E-state index is 13.0. The van der Waals surface area contributed by atoms with Crippen molar-refractivity contribution in [3.63, 3.8) is 0 Å². The summed E-state index contributed by atoms with van der Waals surface area (Å²) in [5.41, 5.74) is 1.19. The first-order valence-electron chi connectivity index (χ1n) is 9.85. The summed E-state index contributed by atoms with van der Waals surface area (Å²) in [5, 5.41) is 15.5. The molecule has 0 aromatic heterocycles. The highest BCUT2D eigenvalue weighted by Crippen LogP contribution is 2.25. The summed E-state index contributed by atoms with van der Waals surface area (Å²) in [6.07, 6.45) is 1.16. The molecule has 7 nitrogen and oxygen atoms in total.